The molecule has 0 radical (unpaired) electrons. The molecule has 5 nitrogen and oxygen atoms in total. The lowest BCUT2D eigenvalue weighted by Gasteiger charge is -2.14. The van der Waals surface area contributed by atoms with Crippen molar-refractivity contribution in [1.82, 2.24) is 4.98 Å². The molecule has 0 unspecified atom stereocenters. The molecule has 1 amide bonds. The Morgan fingerprint density at radius 1 is 1.33 bits per heavy atom. The fourth-order valence-corrected chi connectivity index (χ4v) is 1.85. The third-order valence-electron chi connectivity index (χ3n) is 2.79. The van der Waals surface area contributed by atoms with E-state index in [2.05, 4.69) is 10.3 Å². The number of aromatic nitrogens is 1. The van der Waals surface area contributed by atoms with Gasteiger partial charge in [0, 0.05) is 18.3 Å². The molecule has 0 fully saturated rings. The highest BCUT2D eigenvalue weighted by atomic mass is 16.5. The Balaban J connectivity index is 2.19. The number of nitrogens with two attached hydrogens (primary N) is 1. The van der Waals surface area contributed by atoms with Gasteiger partial charge < -0.3 is 15.8 Å². The summed E-state index contributed by atoms with van der Waals surface area (Å²) in [5.74, 6) is 0.431. The van der Waals surface area contributed by atoms with E-state index in [4.69, 9.17) is 10.5 Å². The van der Waals surface area contributed by atoms with Crippen molar-refractivity contribution in [3.63, 3.8) is 0 Å². The largest absolute Gasteiger partial charge is 0.489 e. The van der Waals surface area contributed by atoms with Crippen LogP contribution < -0.4 is 15.8 Å². The van der Waals surface area contributed by atoms with Gasteiger partial charge in [-0.2, -0.15) is 0 Å². The summed E-state index contributed by atoms with van der Waals surface area (Å²) in [7, 11) is 0. The Morgan fingerprint density at radius 3 is 2.81 bits per heavy atom. The quantitative estimate of drug-likeness (QED) is 0.885. The molecule has 0 spiro atoms. The Bertz CT molecular complexity index is 626. The summed E-state index contributed by atoms with van der Waals surface area (Å²) < 4.78 is 5.68. The van der Waals surface area contributed by atoms with Crippen molar-refractivity contribution in [2.24, 2.45) is 5.73 Å². The maximum absolute atomic E-state index is 12.3. The number of para-hydroxylation sites is 2. The van der Waals surface area contributed by atoms with Gasteiger partial charge in [-0.3, -0.25) is 9.78 Å². The van der Waals surface area contributed by atoms with Gasteiger partial charge in [0.25, 0.3) is 5.91 Å². The van der Waals surface area contributed by atoms with E-state index in [9.17, 15) is 4.79 Å². The number of ether oxygens (including phenoxy) is 1. The number of rotatable bonds is 5. The second-order valence-electron chi connectivity index (χ2n) is 4.86. The minimum Gasteiger partial charge on any atom is -0.489 e. The molecule has 3 N–H and O–H groups in total. The van der Waals surface area contributed by atoms with Crippen LogP contribution in [0.3, 0.4) is 0 Å². The number of benzene rings is 1. The molecule has 0 saturated carbocycles. The van der Waals surface area contributed by atoms with Gasteiger partial charge in [0.15, 0.2) is 0 Å². The maximum Gasteiger partial charge on any atom is 0.255 e. The third-order valence-corrected chi connectivity index (χ3v) is 2.79. The molecule has 21 heavy (non-hydrogen) atoms. The summed E-state index contributed by atoms with van der Waals surface area (Å²) in [4.78, 5) is 16.4. The van der Waals surface area contributed by atoms with Crippen LogP contribution in [0, 0.1) is 0 Å². The van der Waals surface area contributed by atoms with Crippen molar-refractivity contribution in [3.8, 4) is 5.75 Å². The normalized spacial score (nSPS) is 10.5. The molecule has 2 aromatic rings. The number of pyridine rings is 1. The van der Waals surface area contributed by atoms with E-state index >= 15 is 0 Å². The lowest BCUT2D eigenvalue weighted by atomic mass is 10.2. The van der Waals surface area contributed by atoms with E-state index in [-0.39, 0.29) is 12.0 Å². The fourth-order valence-electron chi connectivity index (χ4n) is 1.85. The van der Waals surface area contributed by atoms with Crippen LogP contribution in [0.4, 0.5) is 5.69 Å². The summed E-state index contributed by atoms with van der Waals surface area (Å²) in [6.45, 7) is 4.18. The smallest absolute Gasteiger partial charge is 0.255 e. The molecule has 110 valence electrons. The second-order valence-corrected chi connectivity index (χ2v) is 4.86. The van der Waals surface area contributed by atoms with Gasteiger partial charge in [0.2, 0.25) is 0 Å². The van der Waals surface area contributed by atoms with Gasteiger partial charge >= 0.3 is 0 Å². The van der Waals surface area contributed by atoms with Crippen LogP contribution in [0.25, 0.3) is 0 Å². The van der Waals surface area contributed by atoms with Crippen LogP contribution in [-0.2, 0) is 6.54 Å². The zero-order valence-corrected chi connectivity index (χ0v) is 12.2. The standard InChI is InChI=1S/C16H19N3O2/c1-11(2)21-15-6-4-3-5-14(15)19-16(20)12-7-8-18-13(9-12)10-17/h3-9,11H,10,17H2,1-2H3,(H,19,20). The summed E-state index contributed by atoms with van der Waals surface area (Å²) in [5.41, 5.74) is 7.37. The molecule has 0 atom stereocenters. The number of hydrogen-bond acceptors (Lipinski definition) is 4. The lowest BCUT2D eigenvalue weighted by Crippen LogP contribution is -2.15. The Hall–Kier alpha value is -2.40. The molecule has 1 aromatic heterocycles. The number of nitrogens with one attached hydrogen (secondary N) is 1. The first-order valence-corrected chi connectivity index (χ1v) is 6.82. The molecule has 0 saturated heterocycles. The van der Waals surface area contributed by atoms with Crippen LogP contribution >= 0.6 is 0 Å². The Morgan fingerprint density at radius 2 is 2.10 bits per heavy atom. The number of carbonyl (C=O) groups excluding carboxylic acids is 1. The molecule has 1 aromatic carbocycles. The van der Waals surface area contributed by atoms with Crippen molar-refractivity contribution in [2.75, 3.05) is 5.32 Å². The SMILES string of the molecule is CC(C)Oc1ccccc1NC(=O)c1ccnc(CN)c1. The summed E-state index contributed by atoms with van der Waals surface area (Å²) in [6, 6.07) is 10.7. The zero-order valence-electron chi connectivity index (χ0n) is 12.2. The Labute approximate surface area is 124 Å². The van der Waals surface area contributed by atoms with E-state index in [0.717, 1.165) is 0 Å². The van der Waals surface area contributed by atoms with Gasteiger partial charge in [-0.25, -0.2) is 0 Å². The van der Waals surface area contributed by atoms with E-state index in [1.807, 2.05) is 32.0 Å². The molecular formula is C16H19N3O2. The molecule has 0 bridgehead atoms. The van der Waals surface area contributed by atoms with Crippen molar-refractivity contribution < 1.29 is 9.53 Å². The second kappa shape index (κ2) is 6.85. The van der Waals surface area contributed by atoms with Gasteiger partial charge in [-0.1, -0.05) is 12.1 Å². The van der Waals surface area contributed by atoms with Crippen LogP contribution in [0.1, 0.15) is 29.9 Å². The predicted octanol–water partition coefficient (Wildman–Crippen LogP) is 2.58. The van der Waals surface area contributed by atoms with Gasteiger partial charge in [-0.05, 0) is 38.1 Å². The molecule has 0 aliphatic carbocycles. The van der Waals surface area contributed by atoms with Gasteiger partial charge in [-0.15, -0.1) is 0 Å². The molecule has 2 rings (SSSR count). The van der Waals surface area contributed by atoms with Crippen molar-refractivity contribution in [3.05, 3.63) is 53.9 Å². The Kier molecular flexibility index (Phi) is 4.90. The first kappa shape index (κ1) is 15.0. The minimum atomic E-state index is -0.216. The number of nitrogens with zero attached hydrogens (tertiary/aromatic N) is 1. The number of anilines is 1. The molecular weight excluding hydrogens is 266 g/mol. The topological polar surface area (TPSA) is 77.2 Å². The summed E-state index contributed by atoms with van der Waals surface area (Å²) in [6.07, 6.45) is 1.61. The minimum absolute atomic E-state index is 0.0350. The predicted molar refractivity (Wildman–Crippen MR) is 82.3 cm³/mol. The highest BCUT2D eigenvalue weighted by Crippen LogP contribution is 2.25. The average molecular weight is 285 g/mol. The van der Waals surface area contributed by atoms with Crippen LogP contribution in [-0.4, -0.2) is 17.0 Å². The average Bonchev–Trinajstić information content (AvgIpc) is 2.48. The summed E-state index contributed by atoms with van der Waals surface area (Å²) in [5, 5.41) is 2.85. The number of hydrogen-bond donors (Lipinski definition) is 2. The van der Waals surface area contributed by atoms with E-state index < -0.39 is 0 Å². The fraction of sp³-hybridized carbons (Fsp3) is 0.250. The van der Waals surface area contributed by atoms with Crippen molar-refractivity contribution in [1.29, 1.82) is 0 Å². The number of carbonyl (C=O) groups is 1. The van der Waals surface area contributed by atoms with Crippen LogP contribution in [0.15, 0.2) is 42.6 Å². The van der Waals surface area contributed by atoms with Gasteiger partial charge in [0.05, 0.1) is 17.5 Å². The highest BCUT2D eigenvalue weighted by molar-refractivity contribution is 6.05. The van der Waals surface area contributed by atoms with Crippen LogP contribution in [0.5, 0.6) is 5.75 Å². The molecule has 5 heteroatoms. The maximum atomic E-state index is 12.3. The first-order valence-electron chi connectivity index (χ1n) is 6.82. The lowest BCUT2D eigenvalue weighted by molar-refractivity contribution is 0.102. The molecule has 1 heterocycles. The van der Waals surface area contributed by atoms with E-state index in [1.54, 1.807) is 24.4 Å². The molecule has 0 aliphatic rings. The van der Waals surface area contributed by atoms with Gasteiger partial charge in [0.1, 0.15) is 5.75 Å². The van der Waals surface area contributed by atoms with Crippen molar-refractivity contribution >= 4 is 11.6 Å². The monoisotopic (exact) mass is 285 g/mol. The third kappa shape index (κ3) is 4.03. The molecule has 0 aliphatic heterocycles. The highest BCUT2D eigenvalue weighted by Gasteiger charge is 2.11. The zero-order chi connectivity index (χ0) is 15.2. The summed E-state index contributed by atoms with van der Waals surface area (Å²) >= 11 is 0. The number of amides is 1. The van der Waals surface area contributed by atoms with Crippen LogP contribution in [0.2, 0.25) is 0 Å². The van der Waals surface area contributed by atoms with E-state index in [1.165, 1.54) is 0 Å². The first-order chi connectivity index (χ1) is 10.1. The van der Waals surface area contributed by atoms with Crippen molar-refractivity contribution in [2.45, 2.75) is 26.5 Å². The van der Waals surface area contributed by atoms with E-state index in [0.29, 0.717) is 29.2 Å².